The van der Waals surface area contributed by atoms with Crippen LogP contribution in [-0.2, 0) is 0 Å². The first kappa shape index (κ1) is 12.8. The van der Waals surface area contributed by atoms with E-state index in [1.165, 1.54) is 6.42 Å². The van der Waals surface area contributed by atoms with E-state index in [-0.39, 0.29) is 6.04 Å². The first-order valence-corrected chi connectivity index (χ1v) is 7.35. The number of benzene rings is 1. The van der Waals surface area contributed by atoms with Gasteiger partial charge in [0.25, 0.3) is 0 Å². The molecule has 1 saturated heterocycles. The van der Waals surface area contributed by atoms with Crippen molar-refractivity contribution in [3.8, 4) is 11.4 Å². The summed E-state index contributed by atoms with van der Waals surface area (Å²) in [5.41, 5.74) is 0.960. The number of nitrogens with zero attached hydrogens (tertiary/aromatic N) is 2. The fourth-order valence-electron chi connectivity index (χ4n) is 2.42. The van der Waals surface area contributed by atoms with Crippen molar-refractivity contribution < 1.29 is 4.52 Å². The zero-order valence-corrected chi connectivity index (χ0v) is 12.4. The molecule has 1 N–H and O–H groups in total. The van der Waals surface area contributed by atoms with Crippen LogP contribution >= 0.6 is 15.9 Å². The number of hydrogen-bond donors (Lipinski definition) is 1. The van der Waals surface area contributed by atoms with Crippen molar-refractivity contribution in [2.75, 3.05) is 6.54 Å². The maximum atomic E-state index is 5.42. The van der Waals surface area contributed by atoms with Crippen molar-refractivity contribution in [2.24, 2.45) is 5.92 Å². The Labute approximate surface area is 120 Å². The highest BCUT2D eigenvalue weighted by molar-refractivity contribution is 9.10. The van der Waals surface area contributed by atoms with Gasteiger partial charge in [0, 0.05) is 10.0 Å². The van der Waals surface area contributed by atoms with Crippen LogP contribution < -0.4 is 5.32 Å². The maximum absolute atomic E-state index is 5.42. The van der Waals surface area contributed by atoms with Crippen LogP contribution in [0.4, 0.5) is 0 Å². The van der Waals surface area contributed by atoms with Crippen LogP contribution in [0.5, 0.6) is 0 Å². The van der Waals surface area contributed by atoms with Gasteiger partial charge < -0.3 is 9.84 Å². The van der Waals surface area contributed by atoms with E-state index < -0.39 is 0 Å². The summed E-state index contributed by atoms with van der Waals surface area (Å²) in [7, 11) is 0. The molecule has 2 heterocycles. The maximum Gasteiger partial charge on any atom is 0.244 e. The third-order valence-electron chi connectivity index (χ3n) is 3.52. The fourth-order valence-corrected chi connectivity index (χ4v) is 2.89. The molecule has 0 amide bonds. The predicted octanol–water partition coefficient (Wildman–Crippen LogP) is 3.56. The van der Waals surface area contributed by atoms with Gasteiger partial charge in [-0.25, -0.2) is 0 Å². The van der Waals surface area contributed by atoms with Crippen LogP contribution in [0.15, 0.2) is 33.3 Å². The Morgan fingerprint density at radius 3 is 3.00 bits per heavy atom. The molecule has 19 heavy (non-hydrogen) atoms. The molecule has 1 fully saturated rings. The Balaban J connectivity index is 1.85. The monoisotopic (exact) mass is 321 g/mol. The summed E-state index contributed by atoms with van der Waals surface area (Å²) in [5, 5.41) is 7.53. The molecule has 1 aromatic carbocycles. The average molecular weight is 322 g/mol. The van der Waals surface area contributed by atoms with Crippen LogP contribution in [0, 0.1) is 5.92 Å². The number of hydrogen-bond acceptors (Lipinski definition) is 4. The van der Waals surface area contributed by atoms with Crippen molar-refractivity contribution in [1.29, 1.82) is 0 Å². The number of piperidine rings is 1. The van der Waals surface area contributed by atoms with Crippen molar-refractivity contribution >= 4 is 15.9 Å². The van der Waals surface area contributed by atoms with Crippen LogP contribution in [0.1, 0.15) is 31.7 Å². The molecule has 1 aromatic heterocycles. The Morgan fingerprint density at radius 2 is 2.21 bits per heavy atom. The smallest absolute Gasteiger partial charge is 0.244 e. The molecule has 100 valence electrons. The van der Waals surface area contributed by atoms with Gasteiger partial charge in [0.1, 0.15) is 0 Å². The highest BCUT2D eigenvalue weighted by atomic mass is 79.9. The zero-order chi connectivity index (χ0) is 13.2. The van der Waals surface area contributed by atoms with Gasteiger partial charge in [0.15, 0.2) is 0 Å². The molecule has 0 saturated carbocycles. The van der Waals surface area contributed by atoms with Crippen molar-refractivity contribution in [3.63, 3.8) is 0 Å². The molecule has 0 radical (unpaired) electrons. The summed E-state index contributed by atoms with van der Waals surface area (Å²) in [5.74, 6) is 2.03. The van der Waals surface area contributed by atoms with Crippen molar-refractivity contribution in [2.45, 2.75) is 25.8 Å². The van der Waals surface area contributed by atoms with E-state index in [4.69, 9.17) is 4.52 Å². The lowest BCUT2D eigenvalue weighted by atomic mass is 9.94. The lowest BCUT2D eigenvalue weighted by molar-refractivity contribution is 0.260. The lowest BCUT2D eigenvalue weighted by Gasteiger charge is -2.25. The van der Waals surface area contributed by atoms with E-state index in [1.807, 2.05) is 24.3 Å². The molecule has 2 atom stereocenters. The highest BCUT2D eigenvalue weighted by Crippen LogP contribution is 2.29. The highest BCUT2D eigenvalue weighted by Gasteiger charge is 2.25. The van der Waals surface area contributed by atoms with E-state index in [0.717, 1.165) is 23.0 Å². The van der Waals surface area contributed by atoms with Gasteiger partial charge in [-0.3, -0.25) is 0 Å². The van der Waals surface area contributed by atoms with E-state index in [0.29, 0.717) is 17.6 Å². The van der Waals surface area contributed by atoms with E-state index >= 15 is 0 Å². The molecule has 5 heteroatoms. The molecule has 0 spiro atoms. The number of nitrogens with one attached hydrogen (secondary N) is 1. The summed E-state index contributed by atoms with van der Waals surface area (Å²) in [6.07, 6.45) is 2.26. The Morgan fingerprint density at radius 1 is 1.37 bits per heavy atom. The fraction of sp³-hybridized carbons (Fsp3) is 0.429. The van der Waals surface area contributed by atoms with Crippen LogP contribution in [-0.4, -0.2) is 16.7 Å². The van der Waals surface area contributed by atoms with E-state index in [9.17, 15) is 0 Å². The summed E-state index contributed by atoms with van der Waals surface area (Å²) in [6.45, 7) is 3.28. The molecular formula is C14H16BrN3O. The molecule has 4 nitrogen and oxygen atoms in total. The number of halogens is 1. The molecular weight excluding hydrogens is 306 g/mol. The SMILES string of the molecule is CC1CCNC(c2nc(-c3ccccc3Br)no2)C1. The Bertz CT molecular complexity index is 569. The van der Waals surface area contributed by atoms with Crippen LogP contribution in [0.2, 0.25) is 0 Å². The first-order chi connectivity index (χ1) is 9.24. The molecule has 0 aliphatic carbocycles. The third-order valence-corrected chi connectivity index (χ3v) is 4.21. The van der Waals surface area contributed by atoms with Gasteiger partial charge >= 0.3 is 0 Å². The summed E-state index contributed by atoms with van der Waals surface area (Å²) in [6, 6.07) is 8.09. The van der Waals surface area contributed by atoms with E-state index in [2.05, 4.69) is 38.3 Å². The molecule has 0 bridgehead atoms. The van der Waals surface area contributed by atoms with Crippen molar-refractivity contribution in [1.82, 2.24) is 15.5 Å². The Kier molecular flexibility index (Phi) is 3.66. The van der Waals surface area contributed by atoms with Gasteiger partial charge in [-0.2, -0.15) is 4.98 Å². The van der Waals surface area contributed by atoms with Gasteiger partial charge in [-0.1, -0.05) is 40.1 Å². The summed E-state index contributed by atoms with van der Waals surface area (Å²) >= 11 is 3.51. The summed E-state index contributed by atoms with van der Waals surface area (Å²) in [4.78, 5) is 4.53. The number of rotatable bonds is 2. The minimum Gasteiger partial charge on any atom is -0.337 e. The predicted molar refractivity (Wildman–Crippen MR) is 76.6 cm³/mol. The normalized spacial score (nSPS) is 23.5. The second kappa shape index (κ2) is 5.43. The topological polar surface area (TPSA) is 51.0 Å². The third kappa shape index (κ3) is 2.72. The minimum atomic E-state index is 0.187. The minimum absolute atomic E-state index is 0.187. The zero-order valence-electron chi connectivity index (χ0n) is 10.8. The Hall–Kier alpha value is -1.20. The van der Waals surface area contributed by atoms with Gasteiger partial charge in [-0.15, -0.1) is 0 Å². The lowest BCUT2D eigenvalue weighted by Crippen LogP contribution is -2.30. The molecule has 1 aliphatic rings. The second-order valence-electron chi connectivity index (χ2n) is 5.07. The number of aromatic nitrogens is 2. The summed E-state index contributed by atoms with van der Waals surface area (Å²) < 4.78 is 6.40. The second-order valence-corrected chi connectivity index (χ2v) is 5.93. The molecule has 3 rings (SSSR count). The average Bonchev–Trinajstić information content (AvgIpc) is 2.89. The van der Waals surface area contributed by atoms with Crippen LogP contribution in [0.25, 0.3) is 11.4 Å². The molecule has 2 aromatic rings. The van der Waals surface area contributed by atoms with Crippen LogP contribution in [0.3, 0.4) is 0 Å². The quantitative estimate of drug-likeness (QED) is 0.918. The standard InChI is InChI=1S/C14H16BrN3O/c1-9-6-7-16-12(8-9)14-17-13(18-19-14)10-4-2-3-5-11(10)15/h2-5,9,12,16H,6-8H2,1H3. The van der Waals surface area contributed by atoms with Gasteiger partial charge in [0.2, 0.25) is 11.7 Å². The molecule has 1 aliphatic heterocycles. The molecule has 2 unspecified atom stereocenters. The largest absolute Gasteiger partial charge is 0.337 e. The van der Waals surface area contributed by atoms with E-state index in [1.54, 1.807) is 0 Å². The van der Waals surface area contributed by atoms with Gasteiger partial charge in [0.05, 0.1) is 6.04 Å². The van der Waals surface area contributed by atoms with Gasteiger partial charge in [-0.05, 0) is 37.4 Å². The van der Waals surface area contributed by atoms with Crippen molar-refractivity contribution in [3.05, 3.63) is 34.6 Å². The first-order valence-electron chi connectivity index (χ1n) is 6.56.